The van der Waals surface area contributed by atoms with Gasteiger partial charge >= 0.3 is 0 Å². The highest BCUT2D eigenvalue weighted by molar-refractivity contribution is 5.57. The zero-order valence-corrected chi connectivity index (χ0v) is 6.09. The molecule has 0 aromatic heterocycles. The molecule has 0 aliphatic carbocycles. The van der Waals surface area contributed by atoms with Gasteiger partial charge in [-0.25, -0.2) is 0 Å². The van der Waals surface area contributed by atoms with Crippen molar-refractivity contribution in [1.29, 1.82) is 0 Å². The molecule has 0 N–H and O–H groups in total. The standard InChI is InChI=1S/C8H13N/c1-4-6-9-7-5-8(2)3/h5-7H,2,4H2,1,3H3/b7-5-,9-6?. The predicted octanol–water partition coefficient (Wildman–Crippen LogP) is 2.56. The maximum atomic E-state index is 3.96. The predicted molar refractivity (Wildman–Crippen MR) is 42.7 cm³/mol. The normalized spacial score (nSPS) is 11.3. The fourth-order valence-electron chi connectivity index (χ4n) is 0.337. The Hall–Kier alpha value is -0.850. The van der Waals surface area contributed by atoms with Crippen molar-refractivity contribution in [2.75, 3.05) is 0 Å². The minimum absolute atomic E-state index is 0.987. The van der Waals surface area contributed by atoms with Crippen molar-refractivity contribution in [1.82, 2.24) is 0 Å². The van der Waals surface area contributed by atoms with Gasteiger partial charge in [0.2, 0.25) is 0 Å². The van der Waals surface area contributed by atoms with E-state index in [1.54, 1.807) is 6.20 Å². The van der Waals surface area contributed by atoms with Gasteiger partial charge in [-0.3, -0.25) is 4.99 Å². The molecule has 0 aromatic rings. The molecule has 0 radical (unpaired) electrons. The van der Waals surface area contributed by atoms with Crippen LogP contribution in [0, 0.1) is 0 Å². The molecule has 0 rings (SSSR count). The molecule has 9 heavy (non-hydrogen) atoms. The van der Waals surface area contributed by atoms with E-state index in [2.05, 4.69) is 18.5 Å². The first kappa shape index (κ1) is 8.15. The molecule has 0 unspecified atom stereocenters. The summed E-state index contributed by atoms with van der Waals surface area (Å²) in [6.07, 6.45) is 6.48. The average Bonchev–Trinajstić information content (AvgIpc) is 1.80. The Labute approximate surface area is 56.8 Å². The van der Waals surface area contributed by atoms with Crippen LogP contribution in [-0.2, 0) is 0 Å². The second-order valence-corrected chi connectivity index (χ2v) is 1.90. The first-order valence-corrected chi connectivity index (χ1v) is 3.11. The first-order chi connectivity index (χ1) is 4.27. The molecule has 0 saturated heterocycles. The Bertz CT molecular complexity index is 132. The monoisotopic (exact) mass is 123 g/mol. The second-order valence-electron chi connectivity index (χ2n) is 1.90. The summed E-state index contributed by atoms with van der Waals surface area (Å²) in [6, 6.07) is 0. The lowest BCUT2D eigenvalue weighted by molar-refractivity contribution is 1.31. The average molecular weight is 123 g/mol. The number of rotatable bonds is 3. The van der Waals surface area contributed by atoms with Gasteiger partial charge in [0.15, 0.2) is 0 Å². The van der Waals surface area contributed by atoms with E-state index >= 15 is 0 Å². The number of hydrogen-bond donors (Lipinski definition) is 0. The largest absolute Gasteiger partial charge is 0.269 e. The Morgan fingerprint density at radius 2 is 2.33 bits per heavy atom. The van der Waals surface area contributed by atoms with E-state index in [9.17, 15) is 0 Å². The molecule has 0 saturated carbocycles. The molecule has 50 valence electrons. The highest BCUT2D eigenvalue weighted by atomic mass is 14.7. The Morgan fingerprint density at radius 1 is 1.67 bits per heavy atom. The third-order valence-corrected chi connectivity index (χ3v) is 0.733. The Balaban J connectivity index is 3.47. The van der Waals surface area contributed by atoms with E-state index in [1.165, 1.54) is 0 Å². The van der Waals surface area contributed by atoms with Gasteiger partial charge in [-0.15, -0.1) is 0 Å². The highest BCUT2D eigenvalue weighted by Gasteiger charge is 1.68. The smallest absolute Gasteiger partial charge is 0.0266 e. The first-order valence-electron chi connectivity index (χ1n) is 3.11. The van der Waals surface area contributed by atoms with Crippen LogP contribution in [0.1, 0.15) is 20.3 Å². The quantitative estimate of drug-likeness (QED) is 0.404. The summed E-state index contributed by atoms with van der Waals surface area (Å²) < 4.78 is 0. The SMILES string of the molecule is C=C(C)/C=C\N=CCC. The molecule has 0 heterocycles. The summed E-state index contributed by atoms with van der Waals surface area (Å²) >= 11 is 0. The van der Waals surface area contributed by atoms with Gasteiger partial charge in [-0.2, -0.15) is 0 Å². The van der Waals surface area contributed by atoms with E-state index in [-0.39, 0.29) is 0 Å². The fourth-order valence-corrected chi connectivity index (χ4v) is 0.337. The highest BCUT2D eigenvalue weighted by Crippen LogP contribution is 1.87. The van der Waals surface area contributed by atoms with Crippen molar-refractivity contribution in [3.05, 3.63) is 24.4 Å². The number of aliphatic imine (C=N–C) groups is 1. The van der Waals surface area contributed by atoms with E-state index in [1.807, 2.05) is 19.2 Å². The number of nitrogens with zero attached hydrogens (tertiary/aromatic N) is 1. The van der Waals surface area contributed by atoms with E-state index in [0.717, 1.165) is 12.0 Å². The van der Waals surface area contributed by atoms with E-state index in [4.69, 9.17) is 0 Å². The molecule has 1 heteroatoms. The molecular weight excluding hydrogens is 110 g/mol. The topological polar surface area (TPSA) is 12.4 Å². The molecule has 0 atom stereocenters. The van der Waals surface area contributed by atoms with Gasteiger partial charge in [0.1, 0.15) is 0 Å². The zero-order valence-electron chi connectivity index (χ0n) is 6.09. The van der Waals surface area contributed by atoms with Crippen molar-refractivity contribution in [2.45, 2.75) is 20.3 Å². The molecule has 0 aromatic carbocycles. The van der Waals surface area contributed by atoms with Crippen LogP contribution >= 0.6 is 0 Å². The van der Waals surface area contributed by atoms with Crippen LogP contribution in [0.25, 0.3) is 0 Å². The molecule has 0 aliphatic rings. The summed E-state index contributed by atoms with van der Waals surface area (Å²) in [5.74, 6) is 0. The minimum Gasteiger partial charge on any atom is -0.269 e. The van der Waals surface area contributed by atoms with Gasteiger partial charge in [-0.1, -0.05) is 19.1 Å². The van der Waals surface area contributed by atoms with Gasteiger partial charge in [0, 0.05) is 12.4 Å². The molecular formula is C8H13N. The van der Waals surface area contributed by atoms with Gasteiger partial charge in [0.05, 0.1) is 0 Å². The Morgan fingerprint density at radius 3 is 2.78 bits per heavy atom. The summed E-state index contributed by atoms with van der Waals surface area (Å²) in [4.78, 5) is 3.96. The van der Waals surface area contributed by atoms with Crippen LogP contribution in [0.15, 0.2) is 29.4 Å². The van der Waals surface area contributed by atoms with Crippen molar-refractivity contribution < 1.29 is 0 Å². The van der Waals surface area contributed by atoms with Crippen molar-refractivity contribution >= 4 is 6.21 Å². The van der Waals surface area contributed by atoms with Crippen molar-refractivity contribution in [2.24, 2.45) is 4.99 Å². The summed E-state index contributed by atoms with van der Waals surface area (Å²) in [5, 5.41) is 0. The lowest BCUT2D eigenvalue weighted by atomic mass is 10.3. The van der Waals surface area contributed by atoms with Crippen LogP contribution in [0.2, 0.25) is 0 Å². The third-order valence-electron chi connectivity index (χ3n) is 0.733. The molecule has 0 bridgehead atoms. The molecule has 0 spiro atoms. The van der Waals surface area contributed by atoms with Crippen LogP contribution in [-0.4, -0.2) is 6.21 Å². The van der Waals surface area contributed by atoms with Gasteiger partial charge in [0.25, 0.3) is 0 Å². The number of hydrogen-bond acceptors (Lipinski definition) is 1. The van der Waals surface area contributed by atoms with E-state index < -0.39 is 0 Å². The lowest BCUT2D eigenvalue weighted by Gasteiger charge is -1.79. The van der Waals surface area contributed by atoms with Crippen LogP contribution in [0.4, 0.5) is 0 Å². The maximum Gasteiger partial charge on any atom is 0.0266 e. The molecule has 0 aliphatic heterocycles. The second kappa shape index (κ2) is 5.29. The molecule has 0 amide bonds. The summed E-state index contributed by atoms with van der Waals surface area (Å²) in [6.45, 7) is 7.69. The summed E-state index contributed by atoms with van der Waals surface area (Å²) in [7, 11) is 0. The fraction of sp³-hybridized carbons (Fsp3) is 0.375. The van der Waals surface area contributed by atoms with Crippen LogP contribution < -0.4 is 0 Å². The molecule has 1 nitrogen and oxygen atoms in total. The van der Waals surface area contributed by atoms with Gasteiger partial charge < -0.3 is 0 Å². The third kappa shape index (κ3) is 7.15. The van der Waals surface area contributed by atoms with Crippen molar-refractivity contribution in [3.8, 4) is 0 Å². The molecule has 0 fully saturated rings. The lowest BCUT2D eigenvalue weighted by Crippen LogP contribution is -1.64. The van der Waals surface area contributed by atoms with E-state index in [0.29, 0.717) is 0 Å². The summed E-state index contributed by atoms with van der Waals surface area (Å²) in [5.41, 5.74) is 1.03. The van der Waals surface area contributed by atoms with Crippen LogP contribution in [0.5, 0.6) is 0 Å². The zero-order chi connectivity index (χ0) is 7.11. The van der Waals surface area contributed by atoms with Crippen LogP contribution in [0.3, 0.4) is 0 Å². The number of allylic oxidation sites excluding steroid dienone is 2. The maximum absolute atomic E-state index is 3.96. The minimum atomic E-state index is 0.987. The van der Waals surface area contributed by atoms with Gasteiger partial charge in [-0.05, 0) is 19.4 Å². The van der Waals surface area contributed by atoms with Crippen molar-refractivity contribution in [3.63, 3.8) is 0 Å². The Kier molecular flexibility index (Phi) is 4.79.